The molecule has 0 amide bonds. The molecule has 3 heteroatoms. The molecule has 0 aromatic heterocycles. The minimum absolute atomic E-state index is 0.731. The quantitative estimate of drug-likeness (QED) is 0.427. The van der Waals surface area contributed by atoms with E-state index in [1.807, 2.05) is 0 Å². The fourth-order valence-electron chi connectivity index (χ4n) is 1.62. The van der Waals surface area contributed by atoms with Gasteiger partial charge in [-0.2, -0.15) is 0 Å². The van der Waals surface area contributed by atoms with Gasteiger partial charge in [0.25, 0.3) is 0 Å². The maximum atomic E-state index is 6.03. The molecule has 0 aromatic rings. The van der Waals surface area contributed by atoms with Gasteiger partial charge in [-0.05, 0) is 18.0 Å². The van der Waals surface area contributed by atoms with Gasteiger partial charge >= 0.3 is 0 Å². The van der Waals surface area contributed by atoms with Crippen LogP contribution in [0.25, 0.3) is 0 Å². The average Bonchev–Trinajstić information content (AvgIpc) is 1.98. The Morgan fingerprint density at radius 1 is 1.17 bits per heavy atom. The Hall–Kier alpha value is 0.907. The third-order valence-corrected chi connectivity index (χ3v) is 11.3. The van der Waals surface area contributed by atoms with Crippen molar-refractivity contribution in [1.82, 2.24) is 0 Å². The molecule has 0 aromatic carbocycles. The van der Waals surface area contributed by atoms with Crippen molar-refractivity contribution in [2.24, 2.45) is 0 Å². The zero-order valence-electron chi connectivity index (χ0n) is 8.86. The molecule has 0 rings (SSSR count). The summed E-state index contributed by atoms with van der Waals surface area (Å²) in [6.45, 7) is 12.2. The van der Waals surface area contributed by atoms with Gasteiger partial charge in [-0.3, -0.25) is 0 Å². The number of hydrogen-bond donors (Lipinski definition) is 0. The first-order chi connectivity index (χ1) is 5.51. The van der Waals surface area contributed by atoms with E-state index in [-0.39, 0.29) is 0 Å². The number of hydrogen-bond acceptors (Lipinski definition) is 1. The fourth-order valence-corrected chi connectivity index (χ4v) is 10.8. The lowest BCUT2D eigenvalue weighted by molar-refractivity contribution is 0.310. The molecule has 0 atom stereocenters. The molecule has 0 aliphatic carbocycles. The molecule has 0 heterocycles. The van der Waals surface area contributed by atoms with Crippen LogP contribution in [-0.4, -0.2) is 19.0 Å². The summed E-state index contributed by atoms with van der Waals surface area (Å²) in [5.41, 5.74) is 1.46. The first-order valence-electron chi connectivity index (χ1n) is 4.71. The van der Waals surface area contributed by atoms with Crippen molar-refractivity contribution in [3.8, 4) is 0 Å². The molecular weight excluding hydrogens is 279 g/mol. The molecule has 74 valence electrons. The van der Waals surface area contributed by atoms with Gasteiger partial charge in [-0.25, -0.2) is 0 Å². The Morgan fingerprint density at radius 3 is 1.67 bits per heavy atom. The lowest BCUT2D eigenvalue weighted by Gasteiger charge is -2.36. The van der Waals surface area contributed by atoms with Gasteiger partial charge in [0.15, 0.2) is 0 Å². The molecule has 0 fully saturated rings. The highest BCUT2D eigenvalue weighted by molar-refractivity contribution is 14.1. The van der Waals surface area contributed by atoms with Crippen LogP contribution in [0.4, 0.5) is 0 Å². The van der Waals surface area contributed by atoms with Crippen LogP contribution in [-0.2, 0) is 4.43 Å². The van der Waals surface area contributed by atoms with Crippen molar-refractivity contribution in [3.63, 3.8) is 0 Å². The minimum atomic E-state index is -1.44. The number of rotatable bonds is 5. The summed E-state index contributed by atoms with van der Waals surface area (Å²) in [6, 6.07) is 0. The number of alkyl halides is 1. The van der Waals surface area contributed by atoms with E-state index in [1.54, 1.807) is 0 Å². The van der Waals surface area contributed by atoms with Crippen molar-refractivity contribution < 1.29 is 4.43 Å². The molecule has 0 aliphatic heterocycles. The zero-order valence-corrected chi connectivity index (χ0v) is 12.0. The van der Waals surface area contributed by atoms with Crippen LogP contribution >= 0.6 is 22.6 Å². The Balaban J connectivity index is 4.51. The van der Waals surface area contributed by atoms with Crippen molar-refractivity contribution in [3.05, 3.63) is 0 Å². The van der Waals surface area contributed by atoms with E-state index < -0.39 is 8.32 Å². The summed E-state index contributed by atoms with van der Waals surface area (Å²) in [5.74, 6) is 0. The third-order valence-electron chi connectivity index (χ3n) is 2.58. The van der Waals surface area contributed by atoms with Crippen LogP contribution in [0.3, 0.4) is 0 Å². The SMILES string of the molecule is CCO[Si](CI)(C(C)C)C(C)C. The van der Waals surface area contributed by atoms with Crippen LogP contribution in [0, 0.1) is 0 Å². The van der Waals surface area contributed by atoms with E-state index in [4.69, 9.17) is 4.43 Å². The predicted molar refractivity (Wildman–Crippen MR) is 66.5 cm³/mol. The van der Waals surface area contributed by atoms with E-state index in [9.17, 15) is 0 Å². The highest BCUT2D eigenvalue weighted by atomic mass is 127. The number of halogens is 1. The topological polar surface area (TPSA) is 9.23 Å². The molecule has 0 unspecified atom stereocenters. The highest BCUT2D eigenvalue weighted by Gasteiger charge is 2.40. The zero-order chi connectivity index (χ0) is 9.78. The maximum absolute atomic E-state index is 6.03. The molecule has 0 spiro atoms. The molecule has 0 radical (unpaired) electrons. The van der Waals surface area contributed by atoms with Gasteiger partial charge in [0.2, 0.25) is 8.32 Å². The summed E-state index contributed by atoms with van der Waals surface area (Å²) in [7, 11) is -1.44. The van der Waals surface area contributed by atoms with Crippen molar-refractivity contribution in [1.29, 1.82) is 0 Å². The fraction of sp³-hybridized carbons (Fsp3) is 1.00. The Morgan fingerprint density at radius 2 is 1.58 bits per heavy atom. The minimum Gasteiger partial charge on any atom is -0.416 e. The molecule has 1 nitrogen and oxygen atoms in total. The standard InChI is InChI=1S/C9H21IOSi/c1-6-11-12(7-10,8(2)3)9(4)5/h8-9H,6-7H2,1-5H3. The molecule has 0 saturated carbocycles. The lowest BCUT2D eigenvalue weighted by Crippen LogP contribution is -2.47. The molecule has 12 heavy (non-hydrogen) atoms. The second kappa shape index (κ2) is 5.60. The Labute approximate surface area is 91.5 Å². The molecule has 0 bridgehead atoms. The summed E-state index contributed by atoms with van der Waals surface area (Å²) in [6.07, 6.45) is 0. The van der Waals surface area contributed by atoms with Gasteiger partial charge < -0.3 is 4.43 Å². The largest absolute Gasteiger partial charge is 0.416 e. The summed E-state index contributed by atoms with van der Waals surface area (Å²) in [5, 5.41) is 0. The monoisotopic (exact) mass is 300 g/mol. The van der Waals surface area contributed by atoms with Crippen LogP contribution < -0.4 is 0 Å². The normalized spacial score (nSPS) is 13.0. The van der Waals surface area contributed by atoms with Crippen LogP contribution in [0.1, 0.15) is 34.6 Å². The summed E-state index contributed by atoms with van der Waals surface area (Å²) >= 11 is 2.49. The second-order valence-electron chi connectivity index (χ2n) is 3.83. The first-order valence-corrected chi connectivity index (χ1v) is 8.50. The van der Waals surface area contributed by atoms with Gasteiger partial charge in [-0.1, -0.05) is 50.3 Å². The molecule has 0 saturated heterocycles. The summed E-state index contributed by atoms with van der Waals surface area (Å²) < 4.78 is 7.25. The smallest absolute Gasteiger partial charge is 0.207 e. The lowest BCUT2D eigenvalue weighted by atomic mass is 10.5. The summed E-state index contributed by atoms with van der Waals surface area (Å²) in [4.78, 5) is 0. The van der Waals surface area contributed by atoms with Crippen molar-refractivity contribution in [2.75, 3.05) is 10.7 Å². The van der Waals surface area contributed by atoms with Crippen LogP contribution in [0.15, 0.2) is 0 Å². The molecule has 0 aliphatic rings. The first kappa shape index (κ1) is 12.9. The van der Waals surface area contributed by atoms with E-state index in [2.05, 4.69) is 57.2 Å². The molecule has 0 N–H and O–H groups in total. The third kappa shape index (κ3) is 2.70. The highest BCUT2D eigenvalue weighted by Crippen LogP contribution is 2.34. The van der Waals surface area contributed by atoms with Gasteiger partial charge in [0, 0.05) is 10.7 Å². The maximum Gasteiger partial charge on any atom is 0.207 e. The Kier molecular flexibility index (Phi) is 6.02. The van der Waals surface area contributed by atoms with Gasteiger partial charge in [0.05, 0.1) is 0 Å². The van der Waals surface area contributed by atoms with E-state index in [1.165, 1.54) is 4.05 Å². The van der Waals surface area contributed by atoms with Crippen LogP contribution in [0.5, 0.6) is 0 Å². The van der Waals surface area contributed by atoms with Crippen LogP contribution in [0.2, 0.25) is 11.1 Å². The predicted octanol–water partition coefficient (Wildman–Crippen LogP) is 3.76. The second-order valence-corrected chi connectivity index (χ2v) is 10.9. The van der Waals surface area contributed by atoms with Gasteiger partial charge in [-0.15, -0.1) is 0 Å². The van der Waals surface area contributed by atoms with E-state index >= 15 is 0 Å². The van der Waals surface area contributed by atoms with Gasteiger partial charge in [0.1, 0.15) is 0 Å². The van der Waals surface area contributed by atoms with E-state index in [0.29, 0.717) is 0 Å². The van der Waals surface area contributed by atoms with E-state index in [0.717, 1.165) is 17.7 Å². The Bertz CT molecular complexity index is 118. The molecular formula is C9H21IOSi. The van der Waals surface area contributed by atoms with Crippen molar-refractivity contribution >= 4 is 30.9 Å². The average molecular weight is 300 g/mol. The van der Waals surface area contributed by atoms with Crippen molar-refractivity contribution in [2.45, 2.75) is 45.7 Å².